The Kier molecular flexibility index (Phi) is 6.21. The third kappa shape index (κ3) is 4.23. The van der Waals surface area contributed by atoms with E-state index in [4.69, 9.17) is 4.74 Å². The molecule has 2 rings (SSSR count). The third-order valence-electron chi connectivity index (χ3n) is 3.72. The summed E-state index contributed by atoms with van der Waals surface area (Å²) >= 11 is 1.79. The second-order valence-electron chi connectivity index (χ2n) is 5.17. The molecular formula is C16H25NOS. The first-order chi connectivity index (χ1) is 9.35. The molecule has 2 unspecified atom stereocenters. The molecule has 1 aliphatic rings. The van der Waals surface area contributed by atoms with Gasteiger partial charge in [-0.25, -0.2) is 0 Å². The van der Waals surface area contributed by atoms with Crippen molar-refractivity contribution in [1.29, 1.82) is 0 Å². The van der Waals surface area contributed by atoms with Crippen LogP contribution in [0.5, 0.6) is 0 Å². The molecule has 3 heteroatoms. The quantitative estimate of drug-likeness (QED) is 0.631. The first-order valence-corrected chi connectivity index (χ1v) is 8.54. The van der Waals surface area contributed by atoms with Crippen molar-refractivity contribution in [1.82, 2.24) is 5.32 Å². The van der Waals surface area contributed by atoms with E-state index in [1.165, 1.54) is 29.7 Å². The summed E-state index contributed by atoms with van der Waals surface area (Å²) < 4.78 is 6.03. The summed E-state index contributed by atoms with van der Waals surface area (Å²) in [5.74, 6) is 0.612. The van der Waals surface area contributed by atoms with Gasteiger partial charge in [0.1, 0.15) is 0 Å². The van der Waals surface area contributed by atoms with Crippen molar-refractivity contribution in [3.05, 3.63) is 29.8 Å². The third-order valence-corrected chi connectivity index (χ3v) is 4.47. The molecule has 106 valence electrons. The number of hydrogen-bond acceptors (Lipinski definition) is 3. The van der Waals surface area contributed by atoms with Crippen LogP contribution in [0.2, 0.25) is 0 Å². The normalized spacial score (nSPS) is 23.5. The van der Waals surface area contributed by atoms with Crippen molar-refractivity contribution in [2.45, 2.75) is 37.2 Å². The average Bonchev–Trinajstić information content (AvgIpc) is 2.48. The zero-order chi connectivity index (χ0) is 13.5. The van der Waals surface area contributed by atoms with Gasteiger partial charge in [0, 0.05) is 24.0 Å². The van der Waals surface area contributed by atoms with Crippen molar-refractivity contribution in [2.24, 2.45) is 5.92 Å². The Morgan fingerprint density at radius 2 is 2.11 bits per heavy atom. The van der Waals surface area contributed by atoms with E-state index in [0.717, 1.165) is 19.7 Å². The first kappa shape index (κ1) is 14.9. The maximum atomic E-state index is 6.03. The molecule has 0 saturated carbocycles. The highest BCUT2D eigenvalue weighted by atomic mass is 32.2. The Morgan fingerprint density at radius 3 is 2.79 bits per heavy atom. The molecule has 1 N–H and O–H groups in total. The molecule has 0 spiro atoms. The van der Waals surface area contributed by atoms with Crippen LogP contribution >= 0.6 is 11.8 Å². The van der Waals surface area contributed by atoms with Crippen molar-refractivity contribution in [3.8, 4) is 0 Å². The van der Waals surface area contributed by atoms with Crippen molar-refractivity contribution in [2.75, 3.05) is 26.0 Å². The molecule has 0 bridgehead atoms. The summed E-state index contributed by atoms with van der Waals surface area (Å²) in [5, 5.41) is 3.54. The topological polar surface area (TPSA) is 21.3 Å². The second-order valence-corrected chi connectivity index (χ2v) is 6.05. The van der Waals surface area contributed by atoms with Gasteiger partial charge in [-0.1, -0.05) is 19.1 Å². The number of rotatable bonds is 6. The number of benzene rings is 1. The van der Waals surface area contributed by atoms with Gasteiger partial charge in [-0.3, -0.25) is 0 Å². The average molecular weight is 279 g/mol. The molecule has 1 heterocycles. The maximum Gasteiger partial charge on any atom is 0.0865 e. The van der Waals surface area contributed by atoms with Crippen LogP contribution in [-0.4, -0.2) is 26.0 Å². The molecule has 1 aromatic rings. The molecule has 1 aliphatic heterocycles. The highest BCUT2D eigenvalue weighted by Gasteiger charge is 2.26. The van der Waals surface area contributed by atoms with Gasteiger partial charge in [0.15, 0.2) is 0 Å². The Bertz CT molecular complexity index is 366. The lowest BCUT2D eigenvalue weighted by Crippen LogP contribution is -2.32. The molecule has 0 aliphatic carbocycles. The molecule has 1 fully saturated rings. The van der Waals surface area contributed by atoms with Crippen LogP contribution in [0.25, 0.3) is 0 Å². The van der Waals surface area contributed by atoms with Gasteiger partial charge in [0.2, 0.25) is 0 Å². The zero-order valence-electron chi connectivity index (χ0n) is 12.0. The van der Waals surface area contributed by atoms with Gasteiger partial charge in [0.25, 0.3) is 0 Å². The number of ether oxygens (including phenoxy) is 1. The van der Waals surface area contributed by atoms with Crippen LogP contribution in [0.15, 0.2) is 29.2 Å². The largest absolute Gasteiger partial charge is 0.373 e. The van der Waals surface area contributed by atoms with Gasteiger partial charge in [0.05, 0.1) is 6.10 Å². The number of nitrogens with one attached hydrogen (secondary N) is 1. The summed E-state index contributed by atoms with van der Waals surface area (Å²) in [6.45, 7) is 5.29. The highest BCUT2D eigenvalue weighted by Crippen LogP contribution is 2.33. The van der Waals surface area contributed by atoms with Crippen LogP contribution in [0.1, 0.15) is 37.9 Å². The van der Waals surface area contributed by atoms with Gasteiger partial charge in [-0.05, 0) is 49.8 Å². The van der Waals surface area contributed by atoms with E-state index in [9.17, 15) is 0 Å². The van der Waals surface area contributed by atoms with Gasteiger partial charge < -0.3 is 10.1 Å². The van der Waals surface area contributed by atoms with E-state index in [0.29, 0.717) is 5.92 Å². The minimum absolute atomic E-state index is 0.272. The lowest BCUT2D eigenvalue weighted by Gasteiger charge is -2.32. The van der Waals surface area contributed by atoms with E-state index < -0.39 is 0 Å². The summed E-state index contributed by atoms with van der Waals surface area (Å²) in [5.41, 5.74) is 1.33. The van der Waals surface area contributed by atoms with Gasteiger partial charge in [-0.2, -0.15) is 0 Å². The molecule has 0 amide bonds. The second kappa shape index (κ2) is 7.93. The monoisotopic (exact) mass is 279 g/mol. The van der Waals surface area contributed by atoms with Crippen molar-refractivity contribution < 1.29 is 4.74 Å². The van der Waals surface area contributed by atoms with Crippen LogP contribution in [-0.2, 0) is 4.74 Å². The summed E-state index contributed by atoms with van der Waals surface area (Å²) in [4.78, 5) is 1.32. The summed E-state index contributed by atoms with van der Waals surface area (Å²) in [6.07, 6.45) is 6.04. The van der Waals surface area contributed by atoms with E-state index in [-0.39, 0.29) is 6.10 Å². The maximum absolute atomic E-state index is 6.03. The predicted octanol–water partition coefficient (Wildman–Crippen LogP) is 3.88. The molecule has 19 heavy (non-hydrogen) atoms. The Morgan fingerprint density at radius 1 is 1.32 bits per heavy atom. The Balaban J connectivity index is 2.00. The van der Waals surface area contributed by atoms with Crippen LogP contribution < -0.4 is 5.32 Å². The summed E-state index contributed by atoms with van der Waals surface area (Å²) in [7, 11) is 0. The molecule has 0 radical (unpaired) electrons. The van der Waals surface area contributed by atoms with E-state index in [1.54, 1.807) is 11.8 Å². The Hall–Kier alpha value is -0.510. The molecule has 2 atom stereocenters. The van der Waals surface area contributed by atoms with Crippen molar-refractivity contribution in [3.63, 3.8) is 0 Å². The Labute approximate surface area is 121 Å². The molecular weight excluding hydrogens is 254 g/mol. The van der Waals surface area contributed by atoms with E-state index in [2.05, 4.69) is 42.8 Å². The van der Waals surface area contributed by atoms with Crippen molar-refractivity contribution >= 4 is 11.8 Å². The molecule has 0 aromatic heterocycles. The SMILES string of the molecule is CCCNCC1CCCOC1c1ccc(SC)cc1. The minimum atomic E-state index is 0.272. The fourth-order valence-electron chi connectivity index (χ4n) is 2.68. The smallest absolute Gasteiger partial charge is 0.0865 e. The molecule has 1 saturated heterocycles. The fraction of sp³-hybridized carbons (Fsp3) is 0.625. The van der Waals surface area contributed by atoms with Gasteiger partial charge >= 0.3 is 0 Å². The lowest BCUT2D eigenvalue weighted by atomic mass is 9.89. The minimum Gasteiger partial charge on any atom is -0.373 e. The highest BCUT2D eigenvalue weighted by molar-refractivity contribution is 7.98. The molecule has 2 nitrogen and oxygen atoms in total. The molecule has 1 aromatic carbocycles. The summed E-state index contributed by atoms with van der Waals surface area (Å²) in [6, 6.07) is 8.87. The number of hydrogen-bond donors (Lipinski definition) is 1. The van der Waals surface area contributed by atoms with E-state index >= 15 is 0 Å². The fourth-order valence-corrected chi connectivity index (χ4v) is 3.09. The first-order valence-electron chi connectivity index (χ1n) is 7.31. The van der Waals surface area contributed by atoms with E-state index in [1.807, 2.05) is 0 Å². The van der Waals surface area contributed by atoms with Crippen LogP contribution in [0.3, 0.4) is 0 Å². The predicted molar refractivity (Wildman–Crippen MR) is 82.8 cm³/mol. The lowest BCUT2D eigenvalue weighted by molar-refractivity contribution is -0.0277. The van der Waals surface area contributed by atoms with Crippen LogP contribution in [0, 0.1) is 5.92 Å². The van der Waals surface area contributed by atoms with Gasteiger partial charge in [-0.15, -0.1) is 11.8 Å². The zero-order valence-corrected chi connectivity index (χ0v) is 12.8. The standard InChI is InChI=1S/C16H25NOS/c1-3-10-17-12-14-5-4-11-18-16(14)13-6-8-15(19-2)9-7-13/h6-9,14,16-17H,3-5,10-12H2,1-2H3. The van der Waals surface area contributed by atoms with Crippen LogP contribution in [0.4, 0.5) is 0 Å². The number of thioether (sulfide) groups is 1.